The van der Waals surface area contributed by atoms with Gasteiger partial charge < -0.3 is 4.74 Å². The van der Waals surface area contributed by atoms with Crippen molar-refractivity contribution in [1.29, 1.82) is 0 Å². The number of methoxy groups -OCH3 is 1. The van der Waals surface area contributed by atoms with Crippen LogP contribution in [0.4, 0.5) is 0 Å². The monoisotopic (exact) mass is 333 g/mol. The van der Waals surface area contributed by atoms with Gasteiger partial charge >= 0.3 is 0 Å². The van der Waals surface area contributed by atoms with Crippen LogP contribution in [0.5, 0.6) is 5.75 Å². The first kappa shape index (κ1) is 15.9. The molecule has 25 heavy (non-hydrogen) atoms. The van der Waals surface area contributed by atoms with Gasteiger partial charge in [-0.05, 0) is 60.4 Å². The van der Waals surface area contributed by atoms with Crippen molar-refractivity contribution in [2.75, 3.05) is 13.7 Å². The summed E-state index contributed by atoms with van der Waals surface area (Å²) < 4.78 is 7.27. The fourth-order valence-electron chi connectivity index (χ4n) is 3.50. The third-order valence-electron chi connectivity index (χ3n) is 5.08. The van der Waals surface area contributed by atoms with Gasteiger partial charge in [0.25, 0.3) is 0 Å². The Balaban J connectivity index is 1.50. The van der Waals surface area contributed by atoms with Crippen molar-refractivity contribution in [3.8, 4) is 11.4 Å². The van der Waals surface area contributed by atoms with Crippen molar-refractivity contribution in [2.24, 2.45) is 0 Å². The standard InChI is InChI=1S/C21H23N3O/c1-16-13-19(24-11-4-10-22-24)8-7-18(16)15-23-12-9-21(23)17-5-3-6-20(14-17)25-2/h3-8,10-11,13-14,21H,9,12,15H2,1-2H3/t21-/m1/s1. The summed E-state index contributed by atoms with van der Waals surface area (Å²) in [6, 6.07) is 17.5. The van der Waals surface area contributed by atoms with Gasteiger partial charge in [0.1, 0.15) is 5.75 Å². The third kappa shape index (κ3) is 3.17. The van der Waals surface area contributed by atoms with E-state index in [0.717, 1.165) is 24.5 Å². The van der Waals surface area contributed by atoms with Gasteiger partial charge in [-0.2, -0.15) is 5.10 Å². The van der Waals surface area contributed by atoms with Gasteiger partial charge in [-0.1, -0.05) is 18.2 Å². The predicted octanol–water partition coefficient (Wildman–Crippen LogP) is 4.14. The molecule has 0 N–H and O–H groups in total. The Morgan fingerprint density at radius 2 is 2.08 bits per heavy atom. The van der Waals surface area contributed by atoms with Crippen molar-refractivity contribution in [2.45, 2.75) is 25.9 Å². The molecule has 0 bridgehead atoms. The van der Waals surface area contributed by atoms with Gasteiger partial charge in [-0.25, -0.2) is 4.68 Å². The minimum Gasteiger partial charge on any atom is -0.497 e. The fourth-order valence-corrected chi connectivity index (χ4v) is 3.50. The molecule has 1 fully saturated rings. The zero-order valence-corrected chi connectivity index (χ0v) is 14.7. The Bertz CT molecular complexity index is 857. The van der Waals surface area contributed by atoms with Crippen LogP contribution in [0.25, 0.3) is 5.69 Å². The number of hydrogen-bond acceptors (Lipinski definition) is 3. The maximum atomic E-state index is 5.37. The average Bonchev–Trinajstić information content (AvgIpc) is 3.14. The van der Waals surface area contributed by atoms with E-state index >= 15 is 0 Å². The number of hydrogen-bond donors (Lipinski definition) is 0. The van der Waals surface area contributed by atoms with Crippen LogP contribution in [0, 0.1) is 6.92 Å². The molecule has 0 saturated carbocycles. The summed E-state index contributed by atoms with van der Waals surface area (Å²) in [4.78, 5) is 2.53. The zero-order valence-electron chi connectivity index (χ0n) is 14.7. The largest absolute Gasteiger partial charge is 0.497 e. The first-order valence-electron chi connectivity index (χ1n) is 8.72. The summed E-state index contributed by atoms with van der Waals surface area (Å²) in [7, 11) is 1.72. The van der Waals surface area contributed by atoms with E-state index in [4.69, 9.17) is 4.74 Å². The number of aromatic nitrogens is 2. The van der Waals surface area contributed by atoms with Crippen LogP contribution < -0.4 is 4.74 Å². The Kier molecular flexibility index (Phi) is 4.28. The van der Waals surface area contributed by atoms with E-state index in [1.54, 1.807) is 7.11 Å². The van der Waals surface area contributed by atoms with E-state index in [1.165, 1.54) is 23.1 Å². The zero-order chi connectivity index (χ0) is 17.2. The lowest BCUT2D eigenvalue weighted by atomic mass is 9.93. The van der Waals surface area contributed by atoms with Gasteiger partial charge in [-0.3, -0.25) is 4.90 Å². The molecule has 4 heteroatoms. The molecule has 128 valence electrons. The van der Waals surface area contributed by atoms with Gasteiger partial charge in [-0.15, -0.1) is 0 Å². The number of likely N-dealkylation sites (tertiary alicyclic amines) is 1. The summed E-state index contributed by atoms with van der Waals surface area (Å²) in [5.41, 5.74) is 5.14. The van der Waals surface area contributed by atoms with Gasteiger partial charge in [0, 0.05) is 31.5 Å². The summed E-state index contributed by atoms with van der Waals surface area (Å²) >= 11 is 0. The maximum Gasteiger partial charge on any atom is 0.119 e. The van der Waals surface area contributed by atoms with Crippen molar-refractivity contribution in [1.82, 2.24) is 14.7 Å². The molecule has 0 amide bonds. The SMILES string of the molecule is COc1cccc([C@H]2CCN2Cc2ccc(-n3cccn3)cc2C)c1. The van der Waals surface area contributed by atoms with E-state index in [2.05, 4.69) is 53.3 Å². The molecule has 1 aliphatic heterocycles. The number of nitrogens with zero attached hydrogens (tertiary/aromatic N) is 3. The summed E-state index contributed by atoms with van der Waals surface area (Å²) in [5, 5.41) is 4.31. The van der Waals surface area contributed by atoms with E-state index in [1.807, 2.05) is 29.2 Å². The molecule has 4 nitrogen and oxygen atoms in total. The molecule has 1 aliphatic rings. The Labute approximate surface area is 148 Å². The average molecular weight is 333 g/mol. The van der Waals surface area contributed by atoms with Crippen molar-refractivity contribution in [3.05, 3.63) is 77.6 Å². The number of aryl methyl sites for hydroxylation is 1. The Morgan fingerprint density at radius 3 is 2.76 bits per heavy atom. The highest BCUT2D eigenvalue weighted by Gasteiger charge is 2.29. The van der Waals surface area contributed by atoms with Crippen LogP contribution >= 0.6 is 0 Å². The minimum atomic E-state index is 0.486. The lowest BCUT2D eigenvalue weighted by molar-refractivity contribution is 0.0815. The molecule has 1 saturated heterocycles. The summed E-state index contributed by atoms with van der Waals surface area (Å²) in [5.74, 6) is 0.934. The molecule has 0 aliphatic carbocycles. The third-order valence-corrected chi connectivity index (χ3v) is 5.08. The van der Waals surface area contributed by atoms with E-state index < -0.39 is 0 Å². The molecule has 2 heterocycles. The molecule has 3 aromatic rings. The highest BCUT2D eigenvalue weighted by Crippen LogP contribution is 2.36. The minimum absolute atomic E-state index is 0.486. The smallest absolute Gasteiger partial charge is 0.119 e. The lowest BCUT2D eigenvalue weighted by Gasteiger charge is -2.41. The number of rotatable bonds is 5. The van der Waals surface area contributed by atoms with Crippen LogP contribution in [0.3, 0.4) is 0 Å². The predicted molar refractivity (Wildman–Crippen MR) is 99.1 cm³/mol. The summed E-state index contributed by atoms with van der Waals surface area (Å²) in [6.45, 7) is 4.30. The molecule has 2 aromatic carbocycles. The van der Waals surface area contributed by atoms with E-state index in [0.29, 0.717) is 6.04 Å². The first-order chi connectivity index (χ1) is 12.2. The van der Waals surface area contributed by atoms with Crippen molar-refractivity contribution < 1.29 is 4.74 Å². The van der Waals surface area contributed by atoms with E-state index in [9.17, 15) is 0 Å². The lowest BCUT2D eigenvalue weighted by Crippen LogP contribution is -2.40. The molecule has 1 atom stereocenters. The van der Waals surface area contributed by atoms with Gasteiger partial charge in [0.15, 0.2) is 0 Å². The maximum absolute atomic E-state index is 5.37. The summed E-state index contributed by atoms with van der Waals surface area (Å²) in [6.07, 6.45) is 4.99. The highest BCUT2D eigenvalue weighted by atomic mass is 16.5. The second-order valence-electron chi connectivity index (χ2n) is 6.61. The van der Waals surface area contributed by atoms with Gasteiger partial charge in [0.2, 0.25) is 0 Å². The Morgan fingerprint density at radius 1 is 1.16 bits per heavy atom. The molecule has 0 unspecified atom stereocenters. The molecular formula is C21H23N3O. The molecule has 1 aromatic heterocycles. The van der Waals surface area contributed by atoms with Gasteiger partial charge in [0.05, 0.1) is 12.8 Å². The Hall–Kier alpha value is -2.59. The van der Waals surface area contributed by atoms with Crippen molar-refractivity contribution in [3.63, 3.8) is 0 Å². The van der Waals surface area contributed by atoms with E-state index in [-0.39, 0.29) is 0 Å². The van der Waals surface area contributed by atoms with Crippen LogP contribution in [0.2, 0.25) is 0 Å². The second-order valence-corrected chi connectivity index (χ2v) is 6.61. The molecular weight excluding hydrogens is 310 g/mol. The molecule has 4 rings (SSSR count). The normalized spacial score (nSPS) is 17.3. The molecule has 0 radical (unpaired) electrons. The highest BCUT2D eigenvalue weighted by molar-refractivity contribution is 5.40. The number of benzene rings is 2. The van der Waals surface area contributed by atoms with Crippen LogP contribution in [0.1, 0.15) is 29.2 Å². The fraction of sp³-hybridized carbons (Fsp3) is 0.286. The van der Waals surface area contributed by atoms with Crippen LogP contribution in [-0.2, 0) is 6.54 Å². The number of ether oxygens (including phenoxy) is 1. The topological polar surface area (TPSA) is 30.3 Å². The second kappa shape index (κ2) is 6.73. The van der Waals surface area contributed by atoms with Crippen molar-refractivity contribution >= 4 is 0 Å². The van der Waals surface area contributed by atoms with Crippen LogP contribution in [-0.4, -0.2) is 28.3 Å². The molecule has 0 spiro atoms. The first-order valence-corrected chi connectivity index (χ1v) is 8.72. The quantitative estimate of drug-likeness (QED) is 0.703. The van der Waals surface area contributed by atoms with Crippen LogP contribution in [0.15, 0.2) is 60.9 Å².